The molecule has 1 fully saturated rings. The minimum atomic E-state index is 0.265. The standard InChI is InChI=1S/C11H20N4O/c12-11-4-6-15(13-11)8-7-14-5-2-1-3-10(14)9-16/h4,6,10,16H,1-3,5,7-9H2,(H2,12,13). The third kappa shape index (κ3) is 2.74. The van der Waals surface area contributed by atoms with Gasteiger partial charge in [-0.3, -0.25) is 9.58 Å². The van der Waals surface area contributed by atoms with Gasteiger partial charge >= 0.3 is 0 Å². The van der Waals surface area contributed by atoms with Gasteiger partial charge in [-0.1, -0.05) is 6.42 Å². The van der Waals surface area contributed by atoms with E-state index in [2.05, 4.69) is 10.00 Å². The maximum absolute atomic E-state index is 9.28. The van der Waals surface area contributed by atoms with E-state index in [-0.39, 0.29) is 6.61 Å². The van der Waals surface area contributed by atoms with Gasteiger partial charge in [0.25, 0.3) is 0 Å². The summed E-state index contributed by atoms with van der Waals surface area (Å²) < 4.78 is 1.86. The first-order chi connectivity index (χ1) is 7.79. The zero-order chi connectivity index (χ0) is 11.4. The van der Waals surface area contributed by atoms with Crippen LogP contribution in [0.3, 0.4) is 0 Å². The zero-order valence-corrected chi connectivity index (χ0v) is 9.55. The minimum absolute atomic E-state index is 0.265. The molecule has 1 atom stereocenters. The van der Waals surface area contributed by atoms with Crippen molar-refractivity contribution >= 4 is 5.82 Å². The van der Waals surface area contributed by atoms with Gasteiger partial charge in [0, 0.05) is 18.8 Å². The Kier molecular flexibility index (Phi) is 3.79. The van der Waals surface area contributed by atoms with Gasteiger partial charge in [0.2, 0.25) is 0 Å². The molecule has 1 saturated heterocycles. The number of aliphatic hydroxyl groups is 1. The minimum Gasteiger partial charge on any atom is -0.395 e. The molecular formula is C11H20N4O. The van der Waals surface area contributed by atoms with E-state index >= 15 is 0 Å². The van der Waals surface area contributed by atoms with Gasteiger partial charge in [0.05, 0.1) is 13.2 Å². The van der Waals surface area contributed by atoms with Crippen LogP contribution < -0.4 is 5.73 Å². The number of rotatable bonds is 4. The Bertz CT molecular complexity index is 326. The van der Waals surface area contributed by atoms with Gasteiger partial charge < -0.3 is 10.8 Å². The number of anilines is 1. The van der Waals surface area contributed by atoms with E-state index in [1.807, 2.05) is 10.9 Å². The molecule has 2 heterocycles. The van der Waals surface area contributed by atoms with Crippen LogP contribution >= 0.6 is 0 Å². The molecular weight excluding hydrogens is 204 g/mol. The molecule has 0 bridgehead atoms. The molecule has 0 radical (unpaired) electrons. The van der Waals surface area contributed by atoms with E-state index in [0.29, 0.717) is 11.9 Å². The Hall–Kier alpha value is -1.07. The van der Waals surface area contributed by atoms with Gasteiger partial charge in [-0.25, -0.2) is 0 Å². The van der Waals surface area contributed by atoms with Crippen molar-refractivity contribution in [3.63, 3.8) is 0 Å². The number of likely N-dealkylation sites (tertiary alicyclic amines) is 1. The molecule has 5 nitrogen and oxygen atoms in total. The van der Waals surface area contributed by atoms with Crippen LogP contribution in [0.2, 0.25) is 0 Å². The van der Waals surface area contributed by atoms with E-state index in [9.17, 15) is 5.11 Å². The summed E-state index contributed by atoms with van der Waals surface area (Å²) in [5.41, 5.74) is 5.56. The summed E-state index contributed by atoms with van der Waals surface area (Å²) in [6.45, 7) is 3.13. The molecule has 1 aliphatic heterocycles. The van der Waals surface area contributed by atoms with E-state index in [1.54, 1.807) is 6.07 Å². The molecule has 90 valence electrons. The summed E-state index contributed by atoms with van der Waals surface area (Å²) in [5.74, 6) is 0.567. The molecule has 0 aromatic carbocycles. The van der Waals surface area contributed by atoms with Crippen LogP contribution in [-0.2, 0) is 6.54 Å². The fraction of sp³-hybridized carbons (Fsp3) is 0.727. The van der Waals surface area contributed by atoms with Crippen molar-refractivity contribution in [3.05, 3.63) is 12.3 Å². The van der Waals surface area contributed by atoms with Crippen LogP contribution in [0, 0.1) is 0 Å². The normalized spacial score (nSPS) is 22.4. The second-order valence-electron chi connectivity index (χ2n) is 4.37. The molecule has 0 amide bonds. The molecule has 0 spiro atoms. The van der Waals surface area contributed by atoms with E-state index in [4.69, 9.17) is 5.73 Å². The third-order valence-electron chi connectivity index (χ3n) is 3.24. The molecule has 16 heavy (non-hydrogen) atoms. The molecule has 3 N–H and O–H groups in total. The first-order valence-electron chi connectivity index (χ1n) is 5.93. The van der Waals surface area contributed by atoms with Crippen LogP contribution in [0.4, 0.5) is 5.82 Å². The smallest absolute Gasteiger partial charge is 0.145 e. The number of nitrogen functional groups attached to an aromatic ring is 1. The molecule has 1 aliphatic rings. The second-order valence-corrected chi connectivity index (χ2v) is 4.37. The molecule has 2 rings (SSSR count). The predicted octanol–water partition coefficient (Wildman–Crippen LogP) is 0.312. The quantitative estimate of drug-likeness (QED) is 0.772. The van der Waals surface area contributed by atoms with E-state index in [0.717, 1.165) is 26.1 Å². The lowest BCUT2D eigenvalue weighted by molar-refractivity contribution is 0.0862. The maximum atomic E-state index is 9.28. The summed E-state index contributed by atoms with van der Waals surface area (Å²) in [5, 5.41) is 13.4. The van der Waals surface area contributed by atoms with Crippen molar-refractivity contribution in [2.75, 3.05) is 25.4 Å². The summed E-state index contributed by atoms with van der Waals surface area (Å²) >= 11 is 0. The van der Waals surface area contributed by atoms with Gasteiger partial charge in [0.15, 0.2) is 0 Å². The molecule has 1 unspecified atom stereocenters. The molecule has 1 aromatic rings. The average Bonchev–Trinajstić information content (AvgIpc) is 2.73. The summed E-state index contributed by atoms with van der Waals surface area (Å²) in [4.78, 5) is 2.35. The molecule has 5 heteroatoms. The Balaban J connectivity index is 1.84. The molecule has 0 aliphatic carbocycles. The van der Waals surface area contributed by atoms with Crippen LogP contribution in [0.1, 0.15) is 19.3 Å². The summed E-state index contributed by atoms with van der Waals surface area (Å²) in [6, 6.07) is 2.14. The number of aromatic nitrogens is 2. The van der Waals surface area contributed by atoms with Gasteiger partial charge in [0.1, 0.15) is 5.82 Å². The first-order valence-corrected chi connectivity index (χ1v) is 5.93. The highest BCUT2D eigenvalue weighted by Crippen LogP contribution is 2.16. The monoisotopic (exact) mass is 224 g/mol. The van der Waals surface area contributed by atoms with Crippen LogP contribution in [-0.4, -0.2) is 45.5 Å². The topological polar surface area (TPSA) is 67.3 Å². The number of hydrogen-bond donors (Lipinski definition) is 2. The van der Waals surface area contributed by atoms with Crippen molar-refractivity contribution in [2.45, 2.75) is 31.8 Å². The fourth-order valence-electron chi connectivity index (χ4n) is 2.29. The Morgan fingerprint density at radius 2 is 2.31 bits per heavy atom. The Morgan fingerprint density at radius 1 is 1.44 bits per heavy atom. The van der Waals surface area contributed by atoms with Crippen molar-refractivity contribution in [1.82, 2.24) is 14.7 Å². The van der Waals surface area contributed by atoms with Crippen LogP contribution in [0.5, 0.6) is 0 Å². The van der Waals surface area contributed by atoms with Gasteiger partial charge in [-0.05, 0) is 25.5 Å². The van der Waals surface area contributed by atoms with Crippen LogP contribution in [0.25, 0.3) is 0 Å². The van der Waals surface area contributed by atoms with Crippen molar-refractivity contribution in [1.29, 1.82) is 0 Å². The highest BCUT2D eigenvalue weighted by atomic mass is 16.3. The number of hydrogen-bond acceptors (Lipinski definition) is 4. The number of aliphatic hydroxyl groups excluding tert-OH is 1. The summed E-state index contributed by atoms with van der Waals surface area (Å²) in [6.07, 6.45) is 5.47. The van der Waals surface area contributed by atoms with Crippen molar-refractivity contribution in [2.24, 2.45) is 0 Å². The van der Waals surface area contributed by atoms with E-state index in [1.165, 1.54) is 12.8 Å². The van der Waals surface area contributed by atoms with E-state index < -0.39 is 0 Å². The molecule has 1 aromatic heterocycles. The van der Waals surface area contributed by atoms with Crippen molar-refractivity contribution < 1.29 is 5.11 Å². The number of nitrogens with two attached hydrogens (primary N) is 1. The second kappa shape index (κ2) is 5.32. The Labute approximate surface area is 95.8 Å². The lowest BCUT2D eigenvalue weighted by Crippen LogP contribution is -2.43. The maximum Gasteiger partial charge on any atom is 0.145 e. The SMILES string of the molecule is Nc1ccn(CCN2CCCCC2CO)n1. The first kappa shape index (κ1) is 11.4. The van der Waals surface area contributed by atoms with Gasteiger partial charge in [-0.2, -0.15) is 5.10 Å². The highest BCUT2D eigenvalue weighted by Gasteiger charge is 2.20. The van der Waals surface area contributed by atoms with Gasteiger partial charge in [-0.15, -0.1) is 0 Å². The van der Waals surface area contributed by atoms with Crippen molar-refractivity contribution in [3.8, 4) is 0 Å². The predicted molar refractivity (Wildman–Crippen MR) is 62.9 cm³/mol. The third-order valence-corrected chi connectivity index (χ3v) is 3.24. The largest absolute Gasteiger partial charge is 0.395 e. The number of piperidine rings is 1. The Morgan fingerprint density at radius 3 is 3.00 bits per heavy atom. The fourth-order valence-corrected chi connectivity index (χ4v) is 2.29. The highest BCUT2D eigenvalue weighted by molar-refractivity contribution is 5.23. The summed E-state index contributed by atoms with van der Waals surface area (Å²) in [7, 11) is 0. The molecule has 0 saturated carbocycles. The average molecular weight is 224 g/mol. The zero-order valence-electron chi connectivity index (χ0n) is 9.55. The number of nitrogens with zero attached hydrogens (tertiary/aromatic N) is 3. The lowest BCUT2D eigenvalue weighted by atomic mass is 10.0. The lowest BCUT2D eigenvalue weighted by Gasteiger charge is -2.34. The van der Waals surface area contributed by atoms with Crippen LogP contribution in [0.15, 0.2) is 12.3 Å².